The molecule has 1 rings (SSSR count). The van der Waals surface area contributed by atoms with Crippen molar-refractivity contribution in [2.24, 2.45) is 0 Å². The Morgan fingerprint density at radius 1 is 1.20 bits per heavy atom. The van der Waals surface area contributed by atoms with Crippen LogP contribution in [0.2, 0.25) is 0 Å². The SMILES string of the molecule is CC(C)OCC(O)c1cc(F)cc(F)c1. The van der Waals surface area contributed by atoms with Crippen LogP contribution in [-0.4, -0.2) is 17.8 Å². The molecule has 0 saturated heterocycles. The van der Waals surface area contributed by atoms with Gasteiger partial charge in [0.25, 0.3) is 0 Å². The summed E-state index contributed by atoms with van der Waals surface area (Å²) in [5.74, 6) is -1.40. The second kappa shape index (κ2) is 5.19. The summed E-state index contributed by atoms with van der Waals surface area (Å²) in [6, 6.07) is 2.95. The molecule has 0 saturated carbocycles. The van der Waals surface area contributed by atoms with Crippen LogP contribution in [0.15, 0.2) is 18.2 Å². The number of hydrogen-bond donors (Lipinski definition) is 1. The lowest BCUT2D eigenvalue weighted by Crippen LogP contribution is -2.12. The van der Waals surface area contributed by atoms with Crippen molar-refractivity contribution < 1.29 is 18.6 Å². The number of benzene rings is 1. The van der Waals surface area contributed by atoms with E-state index >= 15 is 0 Å². The lowest BCUT2D eigenvalue weighted by atomic mass is 10.1. The molecule has 0 heterocycles. The van der Waals surface area contributed by atoms with Crippen LogP contribution in [0.4, 0.5) is 8.78 Å². The first kappa shape index (κ1) is 12.1. The van der Waals surface area contributed by atoms with Gasteiger partial charge in [-0.25, -0.2) is 8.78 Å². The highest BCUT2D eigenvalue weighted by Crippen LogP contribution is 2.16. The fraction of sp³-hybridized carbons (Fsp3) is 0.455. The highest BCUT2D eigenvalue weighted by molar-refractivity contribution is 5.20. The van der Waals surface area contributed by atoms with E-state index in [0.29, 0.717) is 0 Å². The Bertz CT molecular complexity index is 306. The zero-order valence-electron chi connectivity index (χ0n) is 8.71. The lowest BCUT2D eigenvalue weighted by Gasteiger charge is -2.13. The molecule has 0 aliphatic rings. The molecule has 0 radical (unpaired) electrons. The van der Waals surface area contributed by atoms with E-state index in [4.69, 9.17) is 4.74 Å². The molecule has 0 aliphatic carbocycles. The molecular formula is C11H14F2O2. The number of ether oxygens (including phenoxy) is 1. The minimum absolute atomic E-state index is 0.0283. The summed E-state index contributed by atoms with van der Waals surface area (Å²) in [7, 11) is 0. The normalized spacial score (nSPS) is 13.2. The second-order valence-corrected chi connectivity index (χ2v) is 3.60. The predicted octanol–water partition coefficient (Wildman–Crippen LogP) is 2.42. The molecule has 84 valence electrons. The third kappa shape index (κ3) is 3.93. The van der Waals surface area contributed by atoms with E-state index in [-0.39, 0.29) is 18.3 Å². The van der Waals surface area contributed by atoms with Crippen molar-refractivity contribution in [3.63, 3.8) is 0 Å². The van der Waals surface area contributed by atoms with Crippen LogP contribution in [0.5, 0.6) is 0 Å². The van der Waals surface area contributed by atoms with Gasteiger partial charge in [-0.3, -0.25) is 0 Å². The zero-order valence-corrected chi connectivity index (χ0v) is 8.71. The topological polar surface area (TPSA) is 29.5 Å². The molecule has 15 heavy (non-hydrogen) atoms. The van der Waals surface area contributed by atoms with Gasteiger partial charge in [-0.15, -0.1) is 0 Å². The largest absolute Gasteiger partial charge is 0.386 e. The van der Waals surface area contributed by atoms with Crippen molar-refractivity contribution in [3.8, 4) is 0 Å². The molecule has 0 spiro atoms. The van der Waals surface area contributed by atoms with E-state index in [1.807, 2.05) is 13.8 Å². The van der Waals surface area contributed by atoms with Crippen LogP contribution in [0, 0.1) is 11.6 Å². The van der Waals surface area contributed by atoms with E-state index in [0.717, 1.165) is 18.2 Å². The van der Waals surface area contributed by atoms with Gasteiger partial charge in [-0.05, 0) is 31.5 Å². The van der Waals surface area contributed by atoms with Gasteiger partial charge in [0.2, 0.25) is 0 Å². The Morgan fingerprint density at radius 2 is 1.73 bits per heavy atom. The molecule has 1 unspecified atom stereocenters. The predicted molar refractivity (Wildman–Crippen MR) is 52.4 cm³/mol. The highest BCUT2D eigenvalue weighted by atomic mass is 19.1. The number of aliphatic hydroxyl groups excluding tert-OH is 1. The Balaban J connectivity index is 2.68. The van der Waals surface area contributed by atoms with Gasteiger partial charge in [0.15, 0.2) is 0 Å². The number of hydrogen-bond acceptors (Lipinski definition) is 2. The van der Waals surface area contributed by atoms with Crippen molar-refractivity contribution in [1.29, 1.82) is 0 Å². The molecule has 1 aromatic rings. The zero-order chi connectivity index (χ0) is 11.4. The Labute approximate surface area is 87.5 Å². The molecule has 2 nitrogen and oxygen atoms in total. The van der Waals surface area contributed by atoms with E-state index in [2.05, 4.69) is 0 Å². The summed E-state index contributed by atoms with van der Waals surface area (Å²) in [4.78, 5) is 0. The summed E-state index contributed by atoms with van der Waals surface area (Å²) < 4.78 is 30.7. The molecule has 0 bridgehead atoms. The van der Waals surface area contributed by atoms with Crippen LogP contribution in [0.3, 0.4) is 0 Å². The second-order valence-electron chi connectivity index (χ2n) is 3.60. The van der Waals surface area contributed by atoms with E-state index in [1.165, 1.54) is 0 Å². The monoisotopic (exact) mass is 216 g/mol. The third-order valence-electron chi connectivity index (χ3n) is 1.86. The standard InChI is InChI=1S/C11H14F2O2/c1-7(2)15-6-11(14)8-3-9(12)5-10(13)4-8/h3-5,7,11,14H,6H2,1-2H3. The van der Waals surface area contributed by atoms with E-state index in [1.54, 1.807) is 0 Å². The van der Waals surface area contributed by atoms with Gasteiger partial charge in [0, 0.05) is 6.07 Å². The van der Waals surface area contributed by atoms with Gasteiger partial charge in [-0.2, -0.15) is 0 Å². The first-order valence-electron chi connectivity index (χ1n) is 4.74. The van der Waals surface area contributed by atoms with E-state index in [9.17, 15) is 13.9 Å². The average Bonchev–Trinajstić information content (AvgIpc) is 2.12. The molecule has 0 amide bonds. The Hall–Kier alpha value is -1.00. The summed E-state index contributed by atoms with van der Waals surface area (Å²) in [5, 5.41) is 9.56. The van der Waals surface area contributed by atoms with Crippen LogP contribution in [0.25, 0.3) is 0 Å². The smallest absolute Gasteiger partial charge is 0.126 e. The Morgan fingerprint density at radius 3 is 2.20 bits per heavy atom. The fourth-order valence-corrected chi connectivity index (χ4v) is 1.15. The van der Waals surface area contributed by atoms with Crippen LogP contribution < -0.4 is 0 Å². The van der Waals surface area contributed by atoms with Gasteiger partial charge in [0.05, 0.1) is 12.7 Å². The maximum atomic E-state index is 12.8. The molecule has 0 aliphatic heterocycles. The summed E-state index contributed by atoms with van der Waals surface area (Å²) in [5.41, 5.74) is 0.188. The minimum Gasteiger partial charge on any atom is -0.386 e. The number of rotatable bonds is 4. The van der Waals surface area contributed by atoms with Gasteiger partial charge < -0.3 is 9.84 Å². The quantitative estimate of drug-likeness (QED) is 0.837. The van der Waals surface area contributed by atoms with Gasteiger partial charge in [-0.1, -0.05) is 0 Å². The van der Waals surface area contributed by atoms with Crippen LogP contribution in [-0.2, 0) is 4.74 Å². The van der Waals surface area contributed by atoms with Crippen molar-refractivity contribution in [3.05, 3.63) is 35.4 Å². The van der Waals surface area contributed by atoms with E-state index < -0.39 is 17.7 Å². The van der Waals surface area contributed by atoms with Crippen LogP contribution >= 0.6 is 0 Å². The molecule has 0 fully saturated rings. The van der Waals surface area contributed by atoms with Crippen LogP contribution in [0.1, 0.15) is 25.5 Å². The van der Waals surface area contributed by atoms with Gasteiger partial charge >= 0.3 is 0 Å². The fourth-order valence-electron chi connectivity index (χ4n) is 1.15. The molecule has 1 aromatic carbocycles. The number of aliphatic hydroxyl groups is 1. The third-order valence-corrected chi connectivity index (χ3v) is 1.86. The summed E-state index contributed by atoms with van der Waals surface area (Å²) in [6.45, 7) is 3.66. The first-order valence-corrected chi connectivity index (χ1v) is 4.74. The maximum absolute atomic E-state index is 12.8. The average molecular weight is 216 g/mol. The van der Waals surface area contributed by atoms with Crippen molar-refractivity contribution in [2.75, 3.05) is 6.61 Å². The molecule has 1 N–H and O–H groups in total. The van der Waals surface area contributed by atoms with Crippen molar-refractivity contribution in [1.82, 2.24) is 0 Å². The summed E-state index contributed by atoms with van der Waals surface area (Å²) in [6.07, 6.45) is -1.03. The maximum Gasteiger partial charge on any atom is 0.126 e. The van der Waals surface area contributed by atoms with Gasteiger partial charge in [0.1, 0.15) is 17.7 Å². The minimum atomic E-state index is -1.00. The lowest BCUT2D eigenvalue weighted by molar-refractivity contribution is 0.00472. The molecule has 1 atom stereocenters. The molecule has 4 heteroatoms. The number of halogens is 2. The van der Waals surface area contributed by atoms with Crippen molar-refractivity contribution >= 4 is 0 Å². The molecule has 0 aromatic heterocycles. The summed E-state index contributed by atoms with van der Waals surface area (Å²) >= 11 is 0. The first-order chi connectivity index (χ1) is 6.99. The molecular weight excluding hydrogens is 202 g/mol. The highest BCUT2D eigenvalue weighted by Gasteiger charge is 2.11. The Kier molecular flexibility index (Phi) is 4.17. The van der Waals surface area contributed by atoms with Crippen molar-refractivity contribution in [2.45, 2.75) is 26.1 Å².